The molecule has 0 bridgehead atoms. The van der Waals surface area contributed by atoms with E-state index in [-0.39, 0.29) is 23.0 Å². The lowest BCUT2D eigenvalue weighted by Gasteiger charge is -2.32. The number of carbonyl (C=O) groups excluding carboxylic acids is 2. The molecule has 0 aliphatic rings. The summed E-state index contributed by atoms with van der Waals surface area (Å²) in [4.78, 5) is 28.0. The Balaban J connectivity index is 2.01. The molecule has 3 aromatic carbocycles. The van der Waals surface area contributed by atoms with Gasteiger partial charge < -0.3 is 10.2 Å². The maximum atomic E-state index is 13.8. The molecule has 0 fully saturated rings. The second-order valence-electron chi connectivity index (χ2n) is 8.92. The largest absolute Gasteiger partial charge is 0.354 e. The van der Waals surface area contributed by atoms with Crippen LogP contribution in [0.2, 0.25) is 0 Å². The van der Waals surface area contributed by atoms with Gasteiger partial charge in [0, 0.05) is 17.6 Å². The number of carbonyl (C=O) groups is 2. The van der Waals surface area contributed by atoms with Crippen molar-refractivity contribution in [1.29, 1.82) is 0 Å². The molecule has 0 spiro atoms. The van der Waals surface area contributed by atoms with Crippen LogP contribution < -0.4 is 9.62 Å². The van der Waals surface area contributed by atoms with Crippen LogP contribution in [-0.2, 0) is 26.2 Å². The van der Waals surface area contributed by atoms with E-state index >= 15 is 0 Å². The van der Waals surface area contributed by atoms with Gasteiger partial charge in [0.05, 0.1) is 10.6 Å². The number of nitrogens with one attached hydrogen (secondary N) is 1. The van der Waals surface area contributed by atoms with Crippen molar-refractivity contribution in [2.24, 2.45) is 0 Å². The zero-order valence-corrected chi connectivity index (χ0v) is 23.9. The molecule has 7 nitrogen and oxygen atoms in total. The Kier molecular flexibility index (Phi) is 10.0. The molecule has 0 aliphatic heterocycles. The van der Waals surface area contributed by atoms with Gasteiger partial charge in [0.15, 0.2) is 0 Å². The number of hydrogen-bond acceptors (Lipinski definition) is 4. The Morgan fingerprint density at radius 3 is 2.29 bits per heavy atom. The van der Waals surface area contributed by atoms with Crippen molar-refractivity contribution in [1.82, 2.24) is 10.2 Å². The number of hydrogen-bond donors (Lipinski definition) is 1. The van der Waals surface area contributed by atoms with Gasteiger partial charge in [-0.25, -0.2) is 12.8 Å². The highest BCUT2D eigenvalue weighted by Gasteiger charge is 2.32. The molecule has 0 heterocycles. The predicted molar refractivity (Wildman–Crippen MR) is 150 cm³/mol. The molecule has 10 heteroatoms. The van der Waals surface area contributed by atoms with Crippen molar-refractivity contribution in [3.63, 3.8) is 0 Å². The third-order valence-corrected chi connectivity index (χ3v) is 8.25. The summed E-state index contributed by atoms with van der Waals surface area (Å²) in [6.07, 6.45) is 0.718. The molecule has 1 atom stereocenters. The van der Waals surface area contributed by atoms with Crippen molar-refractivity contribution in [3.8, 4) is 0 Å². The standard InChI is InChI=1S/C28H31BrFN3O4S/c1-4-16-31-28(35)21(3)32(18-22-10-12-24(30)13-11-22)27(34)19-33(25-7-5-6-23(29)17-25)38(36,37)26-14-8-20(2)9-15-26/h5-15,17,21H,4,16,18-19H2,1-3H3,(H,31,35)/t21-/m1/s1. The van der Waals surface area contributed by atoms with Crippen molar-refractivity contribution in [2.45, 2.75) is 44.7 Å². The van der Waals surface area contributed by atoms with E-state index in [0.29, 0.717) is 16.6 Å². The molecule has 38 heavy (non-hydrogen) atoms. The highest BCUT2D eigenvalue weighted by molar-refractivity contribution is 9.10. The van der Waals surface area contributed by atoms with Crippen LogP contribution in [0.1, 0.15) is 31.4 Å². The first-order valence-corrected chi connectivity index (χ1v) is 14.4. The van der Waals surface area contributed by atoms with E-state index in [2.05, 4.69) is 21.2 Å². The van der Waals surface area contributed by atoms with Gasteiger partial charge in [0.1, 0.15) is 18.4 Å². The van der Waals surface area contributed by atoms with Crippen molar-refractivity contribution < 1.29 is 22.4 Å². The molecule has 0 saturated heterocycles. The van der Waals surface area contributed by atoms with Gasteiger partial charge in [0.2, 0.25) is 11.8 Å². The molecule has 0 aliphatic carbocycles. The smallest absolute Gasteiger partial charge is 0.264 e. The Morgan fingerprint density at radius 1 is 1.03 bits per heavy atom. The van der Waals surface area contributed by atoms with E-state index < -0.39 is 34.3 Å². The Labute approximate surface area is 231 Å². The lowest BCUT2D eigenvalue weighted by molar-refractivity contribution is -0.139. The fraction of sp³-hybridized carbons (Fsp3) is 0.286. The summed E-state index contributed by atoms with van der Waals surface area (Å²) in [5.41, 5.74) is 1.79. The summed E-state index contributed by atoms with van der Waals surface area (Å²) in [7, 11) is -4.14. The number of aryl methyl sites for hydroxylation is 1. The Hall–Kier alpha value is -3.24. The summed E-state index contributed by atoms with van der Waals surface area (Å²) in [6, 6.07) is 17.7. The van der Waals surface area contributed by atoms with E-state index in [0.717, 1.165) is 16.3 Å². The van der Waals surface area contributed by atoms with Gasteiger partial charge in [-0.05, 0) is 68.3 Å². The summed E-state index contributed by atoms with van der Waals surface area (Å²) >= 11 is 3.37. The molecule has 2 amide bonds. The minimum absolute atomic E-state index is 0.00325. The zero-order chi connectivity index (χ0) is 27.9. The van der Waals surface area contributed by atoms with Crippen LogP contribution in [-0.4, -0.2) is 44.3 Å². The zero-order valence-electron chi connectivity index (χ0n) is 21.5. The molecule has 0 saturated carbocycles. The summed E-state index contributed by atoms with van der Waals surface area (Å²) < 4.78 is 42.7. The van der Waals surface area contributed by atoms with Crippen molar-refractivity contribution in [2.75, 3.05) is 17.4 Å². The normalized spacial score (nSPS) is 12.0. The van der Waals surface area contributed by atoms with E-state index in [1.165, 1.54) is 41.3 Å². The van der Waals surface area contributed by atoms with E-state index in [9.17, 15) is 22.4 Å². The average Bonchev–Trinajstić information content (AvgIpc) is 2.89. The van der Waals surface area contributed by atoms with E-state index in [1.807, 2.05) is 13.8 Å². The maximum absolute atomic E-state index is 13.8. The van der Waals surface area contributed by atoms with Gasteiger partial charge in [-0.3, -0.25) is 13.9 Å². The quantitative estimate of drug-likeness (QED) is 0.333. The molecule has 202 valence electrons. The van der Waals surface area contributed by atoms with Crippen LogP contribution in [0, 0.1) is 12.7 Å². The van der Waals surface area contributed by atoms with Crippen LogP contribution in [0.3, 0.4) is 0 Å². The number of benzene rings is 3. The maximum Gasteiger partial charge on any atom is 0.264 e. The topological polar surface area (TPSA) is 86.8 Å². The number of sulfonamides is 1. The highest BCUT2D eigenvalue weighted by Crippen LogP contribution is 2.27. The van der Waals surface area contributed by atoms with Gasteiger partial charge in [-0.2, -0.15) is 0 Å². The van der Waals surface area contributed by atoms with Gasteiger partial charge in [0.25, 0.3) is 10.0 Å². The first kappa shape index (κ1) is 29.3. The van der Waals surface area contributed by atoms with Crippen LogP contribution in [0.4, 0.5) is 10.1 Å². The highest BCUT2D eigenvalue weighted by atomic mass is 79.9. The van der Waals surface area contributed by atoms with Gasteiger partial charge in [-0.15, -0.1) is 0 Å². The van der Waals surface area contributed by atoms with Crippen molar-refractivity contribution >= 4 is 43.5 Å². The average molecular weight is 605 g/mol. The molecule has 0 radical (unpaired) electrons. The third kappa shape index (κ3) is 7.41. The van der Waals surface area contributed by atoms with Gasteiger partial charge in [-0.1, -0.05) is 58.7 Å². The monoisotopic (exact) mass is 603 g/mol. The Morgan fingerprint density at radius 2 is 1.68 bits per heavy atom. The number of halogens is 2. The molecule has 0 unspecified atom stereocenters. The summed E-state index contributed by atoms with van der Waals surface area (Å²) in [5, 5.41) is 2.79. The fourth-order valence-corrected chi connectivity index (χ4v) is 5.56. The predicted octanol–water partition coefficient (Wildman–Crippen LogP) is 5.04. The van der Waals surface area contributed by atoms with Crippen LogP contribution in [0.25, 0.3) is 0 Å². The first-order chi connectivity index (χ1) is 18.0. The fourth-order valence-electron chi connectivity index (χ4n) is 3.76. The number of nitrogens with zero attached hydrogens (tertiary/aromatic N) is 2. The summed E-state index contributed by atoms with van der Waals surface area (Å²) in [6.45, 7) is 5.25. The molecule has 1 N–H and O–H groups in total. The van der Waals surface area contributed by atoms with Gasteiger partial charge >= 0.3 is 0 Å². The first-order valence-electron chi connectivity index (χ1n) is 12.2. The molecular formula is C28H31BrFN3O4S. The molecule has 3 aromatic rings. The van der Waals surface area contributed by atoms with E-state index in [1.54, 1.807) is 43.3 Å². The number of rotatable bonds is 11. The second-order valence-corrected chi connectivity index (χ2v) is 11.7. The minimum atomic E-state index is -4.14. The lowest BCUT2D eigenvalue weighted by atomic mass is 10.1. The SMILES string of the molecule is CCCNC(=O)[C@@H](C)N(Cc1ccc(F)cc1)C(=O)CN(c1cccc(Br)c1)S(=O)(=O)c1ccc(C)cc1. The molecule has 3 rings (SSSR count). The summed E-state index contributed by atoms with van der Waals surface area (Å²) in [5.74, 6) is -1.37. The van der Waals surface area contributed by atoms with Crippen molar-refractivity contribution in [3.05, 3.63) is 94.2 Å². The number of amides is 2. The Bertz CT molecular complexity index is 1370. The van der Waals surface area contributed by atoms with Crippen LogP contribution >= 0.6 is 15.9 Å². The molecule has 0 aromatic heterocycles. The molecular weight excluding hydrogens is 573 g/mol. The lowest BCUT2D eigenvalue weighted by Crippen LogP contribution is -2.51. The van der Waals surface area contributed by atoms with E-state index in [4.69, 9.17) is 0 Å². The second kappa shape index (κ2) is 13.0. The third-order valence-electron chi connectivity index (χ3n) is 5.97. The van der Waals surface area contributed by atoms with Crippen LogP contribution in [0.5, 0.6) is 0 Å². The minimum Gasteiger partial charge on any atom is -0.354 e. The number of anilines is 1. The van der Waals surface area contributed by atoms with Crippen LogP contribution in [0.15, 0.2) is 82.2 Å².